The first-order valence-electron chi connectivity index (χ1n) is 12.9. The van der Waals surface area contributed by atoms with Crippen molar-refractivity contribution in [3.05, 3.63) is 129 Å². The average Bonchev–Trinajstić information content (AvgIpc) is 3.61. The molecule has 5 aromatic rings. The van der Waals surface area contributed by atoms with Crippen LogP contribution in [0.5, 0.6) is 0 Å². The predicted octanol–water partition coefficient (Wildman–Crippen LogP) is 8.28. The molecule has 0 bridgehead atoms. The molecule has 164 valence electrons. The van der Waals surface area contributed by atoms with E-state index in [0.717, 1.165) is 25.7 Å². The normalized spacial score (nSPS) is 14.5. The van der Waals surface area contributed by atoms with Crippen LogP contribution in [0.25, 0.3) is 44.5 Å². The Labute approximate surface area is 205 Å². The van der Waals surface area contributed by atoms with Crippen molar-refractivity contribution < 1.29 is 0 Å². The van der Waals surface area contributed by atoms with E-state index < -0.39 is 0 Å². The number of rotatable bonds is 0. The molecule has 0 fully saturated rings. The maximum absolute atomic E-state index is 2.56. The lowest BCUT2D eigenvalue weighted by atomic mass is 9.89. The zero-order chi connectivity index (χ0) is 22.8. The highest BCUT2D eigenvalue weighted by molar-refractivity contribution is 6.00. The first-order chi connectivity index (χ1) is 17.2. The predicted molar refractivity (Wildman–Crippen MR) is 144 cm³/mol. The van der Waals surface area contributed by atoms with E-state index in [-0.39, 0.29) is 0 Å². The Hall–Kier alpha value is -3.90. The van der Waals surface area contributed by atoms with Crippen molar-refractivity contribution in [2.45, 2.75) is 32.6 Å². The Morgan fingerprint density at radius 2 is 0.914 bits per heavy atom. The molecule has 0 amide bonds. The Balaban J connectivity index is 1.28. The van der Waals surface area contributed by atoms with E-state index in [9.17, 15) is 0 Å². The van der Waals surface area contributed by atoms with Crippen LogP contribution in [0, 0.1) is 6.92 Å². The van der Waals surface area contributed by atoms with E-state index in [2.05, 4.69) is 85.8 Å². The topological polar surface area (TPSA) is 0 Å². The van der Waals surface area contributed by atoms with Gasteiger partial charge in [-0.3, -0.25) is 0 Å². The highest BCUT2D eigenvalue weighted by Gasteiger charge is 2.34. The van der Waals surface area contributed by atoms with Gasteiger partial charge < -0.3 is 0 Å². The zero-order valence-electron chi connectivity index (χ0n) is 19.8. The molecule has 0 radical (unpaired) electrons. The molecule has 0 aromatic heterocycles. The van der Waals surface area contributed by atoms with Gasteiger partial charge in [0.25, 0.3) is 0 Å². The summed E-state index contributed by atoms with van der Waals surface area (Å²) in [5.74, 6) is 0. The third kappa shape index (κ3) is 2.24. The number of fused-ring (bicyclic) bond motifs is 14. The van der Waals surface area contributed by atoms with E-state index in [1.165, 1.54) is 94.6 Å². The highest BCUT2D eigenvalue weighted by Crippen LogP contribution is 2.54. The number of benzene rings is 5. The fourth-order valence-corrected chi connectivity index (χ4v) is 7.59. The van der Waals surface area contributed by atoms with Crippen molar-refractivity contribution >= 4 is 0 Å². The molecule has 9 rings (SSSR count). The molecule has 0 heterocycles. The second-order valence-corrected chi connectivity index (χ2v) is 10.9. The van der Waals surface area contributed by atoms with Crippen LogP contribution in [0.1, 0.15) is 50.1 Å². The maximum atomic E-state index is 2.56. The van der Waals surface area contributed by atoms with Crippen molar-refractivity contribution in [2.75, 3.05) is 0 Å². The quantitative estimate of drug-likeness (QED) is 0.221. The number of hydrogen-bond donors (Lipinski definition) is 0. The Bertz CT molecular complexity index is 1800. The fraction of sp³-hybridized carbons (Fsp3) is 0.143. The SMILES string of the molecule is Cc1cc2c(c3c1Cc1ccccc1-3)-c1cc3c(cc1C2)-c1c(ccc2c1-c1ccccc1C2)C3. The molecule has 0 spiro atoms. The lowest BCUT2D eigenvalue weighted by molar-refractivity contribution is 1.19. The van der Waals surface area contributed by atoms with Gasteiger partial charge >= 0.3 is 0 Å². The molecule has 0 heteroatoms. The van der Waals surface area contributed by atoms with Crippen LogP contribution >= 0.6 is 0 Å². The summed E-state index contributed by atoms with van der Waals surface area (Å²) < 4.78 is 0. The van der Waals surface area contributed by atoms with Crippen LogP contribution in [-0.4, -0.2) is 0 Å². The minimum atomic E-state index is 1.05. The van der Waals surface area contributed by atoms with Gasteiger partial charge in [-0.05, 0) is 139 Å². The molecule has 0 atom stereocenters. The summed E-state index contributed by atoms with van der Waals surface area (Å²) >= 11 is 0. The molecular formula is C35H24. The molecule has 35 heavy (non-hydrogen) atoms. The minimum Gasteiger partial charge on any atom is -0.0619 e. The van der Waals surface area contributed by atoms with Gasteiger partial charge in [0.2, 0.25) is 0 Å². The molecule has 4 aliphatic rings. The van der Waals surface area contributed by atoms with E-state index in [4.69, 9.17) is 0 Å². The van der Waals surface area contributed by atoms with Crippen LogP contribution < -0.4 is 0 Å². The van der Waals surface area contributed by atoms with E-state index in [0.29, 0.717) is 0 Å². The van der Waals surface area contributed by atoms with Crippen molar-refractivity contribution in [3.63, 3.8) is 0 Å². The molecule has 0 aliphatic heterocycles. The van der Waals surface area contributed by atoms with E-state index >= 15 is 0 Å². The number of hydrogen-bond acceptors (Lipinski definition) is 0. The summed E-state index contributed by atoms with van der Waals surface area (Å²) in [5, 5.41) is 0. The lowest BCUT2D eigenvalue weighted by Crippen LogP contribution is -1.92. The second-order valence-electron chi connectivity index (χ2n) is 10.9. The van der Waals surface area contributed by atoms with Gasteiger partial charge in [-0.15, -0.1) is 0 Å². The monoisotopic (exact) mass is 444 g/mol. The third-order valence-electron chi connectivity index (χ3n) is 9.07. The molecule has 5 aromatic carbocycles. The highest BCUT2D eigenvalue weighted by atomic mass is 14.4. The third-order valence-corrected chi connectivity index (χ3v) is 9.07. The van der Waals surface area contributed by atoms with E-state index in [1.807, 2.05) is 0 Å². The van der Waals surface area contributed by atoms with Crippen molar-refractivity contribution in [1.82, 2.24) is 0 Å². The number of aryl methyl sites for hydroxylation is 1. The van der Waals surface area contributed by atoms with Gasteiger partial charge in [0.05, 0.1) is 0 Å². The molecule has 0 saturated heterocycles. The average molecular weight is 445 g/mol. The van der Waals surface area contributed by atoms with Crippen molar-refractivity contribution in [1.29, 1.82) is 0 Å². The van der Waals surface area contributed by atoms with Crippen LogP contribution in [0.2, 0.25) is 0 Å². The summed E-state index contributed by atoms with van der Waals surface area (Å²) in [4.78, 5) is 0. The van der Waals surface area contributed by atoms with E-state index in [1.54, 1.807) is 0 Å². The van der Waals surface area contributed by atoms with Gasteiger partial charge in [0.15, 0.2) is 0 Å². The van der Waals surface area contributed by atoms with Crippen molar-refractivity contribution in [3.8, 4) is 44.5 Å². The lowest BCUT2D eigenvalue weighted by Gasteiger charge is -2.14. The minimum absolute atomic E-state index is 1.05. The maximum Gasteiger partial charge on any atom is -0.00106 e. The Morgan fingerprint density at radius 1 is 0.400 bits per heavy atom. The van der Waals surface area contributed by atoms with Crippen LogP contribution in [-0.2, 0) is 25.7 Å². The van der Waals surface area contributed by atoms with Crippen LogP contribution in [0.4, 0.5) is 0 Å². The van der Waals surface area contributed by atoms with Gasteiger partial charge in [0, 0.05) is 0 Å². The molecule has 0 unspecified atom stereocenters. The molecule has 0 saturated carbocycles. The largest absolute Gasteiger partial charge is 0.0619 e. The summed E-state index contributed by atoms with van der Waals surface area (Å²) in [6.45, 7) is 2.31. The first kappa shape index (κ1) is 18.4. The first-order valence-corrected chi connectivity index (χ1v) is 12.9. The Morgan fingerprint density at radius 3 is 1.63 bits per heavy atom. The summed E-state index contributed by atoms with van der Waals surface area (Å²) in [6, 6.07) is 30.4. The summed E-state index contributed by atoms with van der Waals surface area (Å²) in [6.07, 6.45) is 4.24. The molecule has 4 aliphatic carbocycles. The summed E-state index contributed by atoms with van der Waals surface area (Å²) in [7, 11) is 0. The molecule has 0 N–H and O–H groups in total. The molecule has 0 nitrogen and oxygen atoms in total. The van der Waals surface area contributed by atoms with Crippen LogP contribution in [0.3, 0.4) is 0 Å². The second kappa shape index (κ2) is 6.20. The standard InChI is InChI=1S/C35H24/c1-19-12-26-15-25-18-30-24(17-31(25)34(26)35-28-9-5-3-7-21(28)16-29(19)35)14-23-11-10-22-13-20-6-2-4-8-27(20)32(22)33(23)30/h2-12,17-18H,13-16H2,1H3. The smallest absolute Gasteiger partial charge is 0.00106 e. The van der Waals surface area contributed by atoms with Crippen LogP contribution in [0.15, 0.2) is 78.9 Å². The molecular weight excluding hydrogens is 420 g/mol. The van der Waals surface area contributed by atoms with Gasteiger partial charge in [-0.25, -0.2) is 0 Å². The Kier molecular flexibility index (Phi) is 3.27. The fourth-order valence-electron chi connectivity index (χ4n) is 7.59. The van der Waals surface area contributed by atoms with Crippen molar-refractivity contribution in [2.24, 2.45) is 0 Å². The zero-order valence-corrected chi connectivity index (χ0v) is 19.8. The van der Waals surface area contributed by atoms with Gasteiger partial charge in [-0.2, -0.15) is 0 Å². The summed E-state index contributed by atoms with van der Waals surface area (Å²) in [5.41, 5.74) is 25.4. The van der Waals surface area contributed by atoms with Gasteiger partial charge in [0.1, 0.15) is 0 Å². The van der Waals surface area contributed by atoms with Gasteiger partial charge in [-0.1, -0.05) is 66.7 Å².